The Hall–Kier alpha value is -3.56. The molecule has 0 spiro atoms. The second kappa shape index (κ2) is 10.6. The van der Waals surface area contributed by atoms with Gasteiger partial charge in [0.1, 0.15) is 22.0 Å². The Morgan fingerprint density at radius 1 is 1.08 bits per heavy atom. The van der Waals surface area contributed by atoms with Crippen molar-refractivity contribution in [2.45, 2.75) is 19.8 Å². The molecule has 1 fully saturated rings. The number of carbonyl (C=O) groups excluding carboxylic acids is 1. The highest BCUT2D eigenvalue weighted by molar-refractivity contribution is 7.21. The van der Waals surface area contributed by atoms with Crippen LogP contribution >= 0.6 is 11.3 Å². The summed E-state index contributed by atoms with van der Waals surface area (Å²) in [5.74, 6) is 1.96. The number of rotatable bonds is 7. The molecular weight excluding hydrogens is 470 g/mol. The van der Waals surface area contributed by atoms with Gasteiger partial charge in [-0.25, -0.2) is 15.0 Å². The average Bonchev–Trinajstić information content (AvgIpc) is 3.30. The van der Waals surface area contributed by atoms with Crippen LogP contribution in [0.15, 0.2) is 54.7 Å². The molecule has 1 aromatic carbocycles. The number of nitrogens with one attached hydrogen (secondary N) is 2. The fourth-order valence-electron chi connectivity index (χ4n) is 4.27. The largest absolute Gasteiger partial charge is 0.352 e. The molecule has 1 saturated heterocycles. The number of nitrogens with zero attached hydrogens (tertiary/aromatic N) is 5. The molecular formula is C27H31N7OS. The second-order valence-corrected chi connectivity index (χ2v) is 10.4. The van der Waals surface area contributed by atoms with Gasteiger partial charge in [0.05, 0.1) is 5.56 Å². The Bertz CT molecular complexity index is 1330. The van der Waals surface area contributed by atoms with E-state index in [4.69, 9.17) is 4.98 Å². The lowest BCUT2D eigenvalue weighted by Crippen LogP contribution is -2.36. The first-order chi connectivity index (χ1) is 17.4. The van der Waals surface area contributed by atoms with Gasteiger partial charge in [0.15, 0.2) is 5.13 Å². The third-order valence-electron chi connectivity index (χ3n) is 6.66. The molecule has 5 rings (SSSR count). The number of hydrogen-bond donors (Lipinski definition) is 2. The molecule has 36 heavy (non-hydrogen) atoms. The number of likely N-dealkylation sites (tertiary alicyclic amines) is 1. The van der Waals surface area contributed by atoms with Gasteiger partial charge >= 0.3 is 0 Å². The van der Waals surface area contributed by atoms with Gasteiger partial charge in [0.2, 0.25) is 0 Å². The maximum Gasteiger partial charge on any atom is 0.252 e. The molecule has 9 heteroatoms. The van der Waals surface area contributed by atoms with E-state index >= 15 is 0 Å². The van der Waals surface area contributed by atoms with Crippen LogP contribution in [0.2, 0.25) is 0 Å². The van der Waals surface area contributed by atoms with E-state index in [-0.39, 0.29) is 5.91 Å². The minimum atomic E-state index is -0.0811. The number of anilines is 4. The summed E-state index contributed by atoms with van der Waals surface area (Å²) in [6, 6.07) is 15.9. The van der Waals surface area contributed by atoms with Crippen molar-refractivity contribution in [3.05, 3.63) is 65.9 Å². The highest BCUT2D eigenvalue weighted by Crippen LogP contribution is 2.30. The normalized spacial score (nSPS) is 14.6. The van der Waals surface area contributed by atoms with Crippen LogP contribution in [0.5, 0.6) is 0 Å². The summed E-state index contributed by atoms with van der Waals surface area (Å²) in [4.78, 5) is 31.6. The van der Waals surface area contributed by atoms with Crippen LogP contribution in [-0.2, 0) is 0 Å². The van der Waals surface area contributed by atoms with Crippen LogP contribution in [-0.4, -0.2) is 59.5 Å². The smallest absolute Gasteiger partial charge is 0.252 e. The minimum absolute atomic E-state index is 0.0811. The Kier molecular flexibility index (Phi) is 7.11. The molecule has 2 N–H and O–H groups in total. The first-order valence-electron chi connectivity index (χ1n) is 12.2. The average molecular weight is 502 g/mol. The van der Waals surface area contributed by atoms with E-state index in [1.54, 1.807) is 18.3 Å². The Morgan fingerprint density at radius 2 is 1.86 bits per heavy atom. The lowest BCUT2D eigenvalue weighted by Gasteiger charge is -2.28. The summed E-state index contributed by atoms with van der Waals surface area (Å²) in [7, 11) is 4.15. The van der Waals surface area contributed by atoms with E-state index in [9.17, 15) is 4.79 Å². The molecule has 1 aliphatic heterocycles. The van der Waals surface area contributed by atoms with Gasteiger partial charge in [-0.2, -0.15) is 0 Å². The summed E-state index contributed by atoms with van der Waals surface area (Å²) < 4.78 is 0. The van der Waals surface area contributed by atoms with Crippen LogP contribution in [0.4, 0.5) is 22.5 Å². The van der Waals surface area contributed by atoms with E-state index in [1.807, 2.05) is 19.2 Å². The number of thiazole rings is 1. The summed E-state index contributed by atoms with van der Waals surface area (Å²) >= 11 is 1.47. The summed E-state index contributed by atoms with van der Waals surface area (Å²) in [6.07, 6.45) is 3.85. The number of aromatic nitrogens is 3. The van der Waals surface area contributed by atoms with Gasteiger partial charge in [0, 0.05) is 25.5 Å². The molecule has 4 heterocycles. The topological polar surface area (TPSA) is 86.3 Å². The van der Waals surface area contributed by atoms with Crippen LogP contribution in [0.3, 0.4) is 0 Å². The van der Waals surface area contributed by atoms with E-state index in [0.717, 1.165) is 47.8 Å². The number of hydrogen-bond acceptors (Lipinski definition) is 8. The van der Waals surface area contributed by atoms with Gasteiger partial charge in [-0.15, -0.1) is 0 Å². The number of fused-ring (bicyclic) bond motifs is 1. The monoisotopic (exact) mass is 501 g/mol. The maximum atomic E-state index is 12.5. The third kappa shape index (κ3) is 5.63. The van der Waals surface area contributed by atoms with Crippen molar-refractivity contribution in [3.8, 4) is 0 Å². The lowest BCUT2D eigenvalue weighted by atomic mass is 9.97. The fourth-order valence-corrected chi connectivity index (χ4v) is 5.11. The van der Waals surface area contributed by atoms with Crippen molar-refractivity contribution in [1.82, 2.24) is 25.2 Å². The standard InChI is InChI=1S/C27H31N7OS/c1-18-4-7-21(8-5-18)34(3)24-11-9-22-26(32-24)36-27(30-22)31-23-10-6-20(17-28-23)25(35)29-16-19-12-14-33(2)15-13-19/h4-11,17,19H,12-16H2,1-3H3,(H,29,35)(H,28,30,31). The first-order valence-corrected chi connectivity index (χ1v) is 13.0. The van der Waals surface area contributed by atoms with Crippen molar-refractivity contribution >= 4 is 50.0 Å². The van der Waals surface area contributed by atoms with Crippen LogP contribution < -0.4 is 15.5 Å². The minimum Gasteiger partial charge on any atom is -0.352 e. The molecule has 0 unspecified atom stereocenters. The zero-order valence-electron chi connectivity index (χ0n) is 20.9. The molecule has 0 saturated carbocycles. The van der Waals surface area contributed by atoms with E-state index in [0.29, 0.717) is 29.0 Å². The second-order valence-electron chi connectivity index (χ2n) is 9.42. The van der Waals surface area contributed by atoms with Crippen molar-refractivity contribution in [2.24, 2.45) is 5.92 Å². The lowest BCUT2D eigenvalue weighted by molar-refractivity contribution is 0.0938. The molecule has 1 aliphatic rings. The molecule has 1 amide bonds. The number of piperidine rings is 1. The van der Waals surface area contributed by atoms with Crippen LogP contribution in [0.1, 0.15) is 28.8 Å². The molecule has 4 aromatic rings. The molecule has 0 bridgehead atoms. The van der Waals surface area contributed by atoms with Gasteiger partial charge in [-0.3, -0.25) is 4.79 Å². The predicted molar refractivity (Wildman–Crippen MR) is 147 cm³/mol. The Balaban J connectivity index is 1.21. The first kappa shape index (κ1) is 24.1. The van der Waals surface area contributed by atoms with Crippen LogP contribution in [0.25, 0.3) is 10.3 Å². The van der Waals surface area contributed by atoms with E-state index < -0.39 is 0 Å². The SMILES string of the molecule is Cc1ccc(N(C)c2ccc3nc(Nc4ccc(C(=O)NCC5CCN(C)CC5)cn4)sc3n2)cc1. The van der Waals surface area contributed by atoms with Gasteiger partial charge in [-0.05, 0) is 82.2 Å². The molecule has 186 valence electrons. The zero-order chi connectivity index (χ0) is 25.1. The van der Waals surface area contributed by atoms with E-state index in [2.05, 4.69) is 68.6 Å². The zero-order valence-corrected chi connectivity index (χ0v) is 21.7. The number of benzene rings is 1. The van der Waals surface area contributed by atoms with E-state index in [1.165, 1.54) is 16.9 Å². The maximum absolute atomic E-state index is 12.5. The fraction of sp³-hybridized carbons (Fsp3) is 0.333. The predicted octanol–water partition coefficient (Wildman–Crippen LogP) is 4.98. The van der Waals surface area contributed by atoms with Gasteiger partial charge in [0.25, 0.3) is 5.91 Å². The van der Waals surface area contributed by atoms with Crippen molar-refractivity contribution in [1.29, 1.82) is 0 Å². The molecule has 0 radical (unpaired) electrons. The van der Waals surface area contributed by atoms with Gasteiger partial charge in [-0.1, -0.05) is 29.0 Å². The molecule has 0 aliphatic carbocycles. The van der Waals surface area contributed by atoms with Crippen molar-refractivity contribution < 1.29 is 4.79 Å². The van der Waals surface area contributed by atoms with Crippen molar-refractivity contribution in [2.75, 3.05) is 43.9 Å². The highest BCUT2D eigenvalue weighted by Gasteiger charge is 2.18. The molecule has 8 nitrogen and oxygen atoms in total. The number of pyridine rings is 2. The third-order valence-corrected chi connectivity index (χ3v) is 7.54. The number of aryl methyl sites for hydroxylation is 1. The Morgan fingerprint density at radius 3 is 2.58 bits per heavy atom. The number of carbonyl (C=O) groups is 1. The summed E-state index contributed by atoms with van der Waals surface area (Å²) in [5.41, 5.74) is 3.69. The summed E-state index contributed by atoms with van der Waals surface area (Å²) in [5, 5.41) is 7.01. The molecule has 0 atom stereocenters. The summed E-state index contributed by atoms with van der Waals surface area (Å²) in [6.45, 7) is 4.98. The number of amides is 1. The quantitative estimate of drug-likeness (QED) is 0.369. The van der Waals surface area contributed by atoms with Gasteiger partial charge < -0.3 is 20.4 Å². The molecule has 3 aromatic heterocycles. The highest BCUT2D eigenvalue weighted by atomic mass is 32.1. The van der Waals surface area contributed by atoms with Crippen LogP contribution in [0, 0.1) is 12.8 Å². The Labute approximate surface area is 215 Å². The van der Waals surface area contributed by atoms with Crippen molar-refractivity contribution in [3.63, 3.8) is 0 Å².